The molecule has 0 radical (unpaired) electrons. The summed E-state index contributed by atoms with van der Waals surface area (Å²) in [6, 6.07) is 14.1. The highest BCUT2D eigenvalue weighted by molar-refractivity contribution is 7.13. The van der Waals surface area contributed by atoms with Crippen LogP contribution in [0.5, 0.6) is 0 Å². The van der Waals surface area contributed by atoms with Crippen molar-refractivity contribution in [2.45, 2.75) is 0 Å². The third-order valence-corrected chi connectivity index (χ3v) is 3.41. The van der Waals surface area contributed by atoms with Crippen molar-refractivity contribution in [1.82, 2.24) is 9.97 Å². The molecule has 17 heavy (non-hydrogen) atoms. The molecule has 3 heterocycles. The van der Waals surface area contributed by atoms with E-state index in [9.17, 15) is 0 Å². The maximum atomic E-state index is 4.45. The zero-order chi connectivity index (χ0) is 11.5. The molecule has 0 spiro atoms. The van der Waals surface area contributed by atoms with Gasteiger partial charge in [0.15, 0.2) is 0 Å². The van der Waals surface area contributed by atoms with Gasteiger partial charge >= 0.3 is 0 Å². The van der Waals surface area contributed by atoms with Crippen molar-refractivity contribution < 1.29 is 0 Å². The SMILES string of the molecule is c1ccc(-c2ncccc2-c2cccs2)nc1. The minimum Gasteiger partial charge on any atom is -0.255 e. The molecule has 0 saturated heterocycles. The number of hydrogen-bond donors (Lipinski definition) is 0. The fraction of sp³-hybridized carbons (Fsp3) is 0. The van der Waals surface area contributed by atoms with Crippen molar-refractivity contribution in [2.24, 2.45) is 0 Å². The molecule has 0 aliphatic carbocycles. The van der Waals surface area contributed by atoms with Gasteiger partial charge in [0.2, 0.25) is 0 Å². The number of nitrogens with zero attached hydrogens (tertiary/aromatic N) is 2. The van der Waals surface area contributed by atoms with Gasteiger partial charge in [-0.1, -0.05) is 12.1 Å². The maximum absolute atomic E-state index is 4.45. The molecule has 3 aromatic heterocycles. The van der Waals surface area contributed by atoms with Crippen molar-refractivity contribution in [3.05, 3.63) is 60.2 Å². The van der Waals surface area contributed by atoms with Crippen LogP contribution in [0.1, 0.15) is 0 Å². The molecule has 3 aromatic rings. The summed E-state index contributed by atoms with van der Waals surface area (Å²) < 4.78 is 0. The summed E-state index contributed by atoms with van der Waals surface area (Å²) in [5.74, 6) is 0. The van der Waals surface area contributed by atoms with Gasteiger partial charge in [0.1, 0.15) is 0 Å². The number of pyridine rings is 2. The second-order valence-electron chi connectivity index (χ2n) is 3.59. The molecular weight excluding hydrogens is 228 g/mol. The Bertz CT molecular complexity index is 603. The average molecular weight is 238 g/mol. The third-order valence-electron chi connectivity index (χ3n) is 2.50. The van der Waals surface area contributed by atoms with Crippen molar-refractivity contribution in [3.8, 4) is 21.8 Å². The summed E-state index contributed by atoms with van der Waals surface area (Å²) >= 11 is 1.72. The molecule has 0 fully saturated rings. The lowest BCUT2D eigenvalue weighted by Gasteiger charge is -2.05. The van der Waals surface area contributed by atoms with Gasteiger partial charge in [-0.2, -0.15) is 0 Å². The van der Waals surface area contributed by atoms with Gasteiger partial charge in [-0.3, -0.25) is 9.97 Å². The second kappa shape index (κ2) is 4.47. The molecule has 0 atom stereocenters. The predicted molar refractivity (Wildman–Crippen MR) is 70.8 cm³/mol. The summed E-state index contributed by atoms with van der Waals surface area (Å²) in [5, 5.41) is 2.07. The van der Waals surface area contributed by atoms with Crippen LogP contribution in [0.3, 0.4) is 0 Å². The first kappa shape index (κ1) is 10.2. The molecule has 0 N–H and O–H groups in total. The molecule has 3 rings (SSSR count). The van der Waals surface area contributed by atoms with Crippen LogP contribution in [0.4, 0.5) is 0 Å². The number of rotatable bonds is 2. The standard InChI is InChI=1S/C14H10N2S/c1-2-8-15-12(6-1)14-11(5-3-9-16-14)13-7-4-10-17-13/h1-10H. The minimum absolute atomic E-state index is 0.913. The Labute approximate surface area is 104 Å². The third kappa shape index (κ3) is 1.97. The number of thiophene rings is 1. The van der Waals surface area contributed by atoms with Crippen molar-refractivity contribution in [2.75, 3.05) is 0 Å². The fourth-order valence-electron chi connectivity index (χ4n) is 1.74. The Kier molecular flexibility index (Phi) is 2.68. The monoisotopic (exact) mass is 238 g/mol. The van der Waals surface area contributed by atoms with Gasteiger partial charge in [0, 0.05) is 22.8 Å². The lowest BCUT2D eigenvalue weighted by atomic mass is 10.1. The molecule has 0 unspecified atom stereocenters. The van der Waals surface area contributed by atoms with E-state index >= 15 is 0 Å². The Morgan fingerprint density at radius 3 is 2.53 bits per heavy atom. The van der Waals surface area contributed by atoms with Gasteiger partial charge in [0.05, 0.1) is 11.4 Å². The predicted octanol–water partition coefficient (Wildman–Crippen LogP) is 3.87. The summed E-state index contributed by atoms with van der Waals surface area (Å²) in [7, 11) is 0. The zero-order valence-electron chi connectivity index (χ0n) is 9.08. The van der Waals surface area contributed by atoms with E-state index in [-0.39, 0.29) is 0 Å². The molecule has 0 aliphatic rings. The topological polar surface area (TPSA) is 25.8 Å². The van der Waals surface area contributed by atoms with Crippen molar-refractivity contribution in [3.63, 3.8) is 0 Å². The van der Waals surface area contributed by atoms with E-state index in [2.05, 4.69) is 33.5 Å². The second-order valence-corrected chi connectivity index (χ2v) is 4.54. The van der Waals surface area contributed by atoms with Crippen LogP contribution in [0, 0.1) is 0 Å². The molecule has 0 aliphatic heterocycles. The van der Waals surface area contributed by atoms with Crippen LogP contribution in [0.2, 0.25) is 0 Å². The van der Waals surface area contributed by atoms with Crippen molar-refractivity contribution >= 4 is 11.3 Å². The van der Waals surface area contributed by atoms with Gasteiger partial charge in [0.25, 0.3) is 0 Å². The Morgan fingerprint density at radius 2 is 1.76 bits per heavy atom. The van der Waals surface area contributed by atoms with Crippen LogP contribution in [0.15, 0.2) is 60.2 Å². The zero-order valence-corrected chi connectivity index (χ0v) is 9.89. The smallest absolute Gasteiger partial charge is 0.0972 e. The molecule has 0 aromatic carbocycles. The molecular formula is C14H10N2S. The van der Waals surface area contributed by atoms with E-state index in [4.69, 9.17) is 0 Å². The van der Waals surface area contributed by atoms with E-state index in [1.807, 2.05) is 24.3 Å². The van der Waals surface area contributed by atoms with Gasteiger partial charge < -0.3 is 0 Å². The number of aromatic nitrogens is 2. The summed E-state index contributed by atoms with van der Waals surface area (Å²) in [5.41, 5.74) is 2.99. The van der Waals surface area contributed by atoms with Gasteiger partial charge in [-0.15, -0.1) is 11.3 Å². The first-order valence-electron chi connectivity index (χ1n) is 5.35. The highest BCUT2D eigenvalue weighted by atomic mass is 32.1. The fourth-order valence-corrected chi connectivity index (χ4v) is 2.50. The number of hydrogen-bond acceptors (Lipinski definition) is 3. The highest BCUT2D eigenvalue weighted by Gasteiger charge is 2.09. The summed E-state index contributed by atoms with van der Waals surface area (Å²) in [4.78, 5) is 10.0. The van der Waals surface area contributed by atoms with Crippen LogP contribution < -0.4 is 0 Å². The van der Waals surface area contributed by atoms with Crippen LogP contribution in [0.25, 0.3) is 21.8 Å². The largest absolute Gasteiger partial charge is 0.255 e. The van der Waals surface area contributed by atoms with E-state index in [1.54, 1.807) is 23.7 Å². The Hall–Kier alpha value is -2.00. The first-order chi connectivity index (χ1) is 8.45. The first-order valence-corrected chi connectivity index (χ1v) is 6.23. The van der Waals surface area contributed by atoms with E-state index < -0.39 is 0 Å². The Balaban J connectivity index is 2.18. The molecule has 82 valence electrons. The lowest BCUT2D eigenvalue weighted by molar-refractivity contribution is 1.25. The average Bonchev–Trinajstić information content (AvgIpc) is 2.94. The summed E-state index contributed by atoms with van der Waals surface area (Å²) in [6.45, 7) is 0. The highest BCUT2D eigenvalue weighted by Crippen LogP contribution is 2.31. The summed E-state index contributed by atoms with van der Waals surface area (Å²) in [6.07, 6.45) is 3.60. The quantitative estimate of drug-likeness (QED) is 0.677. The molecule has 3 heteroatoms. The normalized spacial score (nSPS) is 10.4. The van der Waals surface area contributed by atoms with Gasteiger partial charge in [-0.25, -0.2) is 0 Å². The maximum Gasteiger partial charge on any atom is 0.0972 e. The van der Waals surface area contributed by atoms with Crippen LogP contribution >= 0.6 is 11.3 Å². The van der Waals surface area contributed by atoms with Crippen LogP contribution in [-0.2, 0) is 0 Å². The Morgan fingerprint density at radius 1 is 0.824 bits per heavy atom. The molecule has 0 amide bonds. The van der Waals surface area contributed by atoms with E-state index in [0.29, 0.717) is 0 Å². The van der Waals surface area contributed by atoms with Crippen LogP contribution in [-0.4, -0.2) is 9.97 Å². The minimum atomic E-state index is 0.913. The van der Waals surface area contributed by atoms with E-state index in [0.717, 1.165) is 17.0 Å². The van der Waals surface area contributed by atoms with Crippen molar-refractivity contribution in [1.29, 1.82) is 0 Å². The van der Waals surface area contributed by atoms with Gasteiger partial charge in [-0.05, 0) is 35.7 Å². The molecule has 0 bridgehead atoms. The molecule has 2 nitrogen and oxygen atoms in total. The lowest BCUT2D eigenvalue weighted by Crippen LogP contribution is -1.89. The van der Waals surface area contributed by atoms with E-state index in [1.165, 1.54) is 4.88 Å². The molecule has 0 saturated carbocycles.